The van der Waals surface area contributed by atoms with E-state index in [9.17, 15) is 0 Å². The van der Waals surface area contributed by atoms with Crippen LogP contribution in [0.3, 0.4) is 0 Å². The fraction of sp³-hybridized carbons (Fsp3) is 0.533. The lowest BCUT2D eigenvalue weighted by molar-refractivity contribution is 0.579. The lowest BCUT2D eigenvalue weighted by Crippen LogP contribution is -2.10. The second-order valence-electron chi connectivity index (χ2n) is 4.73. The van der Waals surface area contributed by atoms with Gasteiger partial charge in [0.1, 0.15) is 5.82 Å². The van der Waals surface area contributed by atoms with Crippen LogP contribution < -0.4 is 5.32 Å². The number of rotatable bonds is 7. The molecule has 0 fully saturated rings. The van der Waals surface area contributed by atoms with Crippen molar-refractivity contribution >= 4 is 11.0 Å². The number of unbranched alkanes of at least 4 members (excludes halogenated alkanes) is 1. The van der Waals surface area contributed by atoms with Gasteiger partial charge in [0.2, 0.25) is 0 Å². The zero-order chi connectivity index (χ0) is 12.8. The Hall–Kier alpha value is -1.35. The van der Waals surface area contributed by atoms with Crippen molar-refractivity contribution in [2.75, 3.05) is 13.6 Å². The average molecular weight is 245 g/mol. The Kier molecular flexibility index (Phi) is 4.76. The van der Waals surface area contributed by atoms with Gasteiger partial charge in [-0.1, -0.05) is 19.1 Å². The SMILES string of the molecule is CCCc1nc2ccccc2n1CCCCNC. The molecule has 0 radical (unpaired) electrons. The molecule has 0 bridgehead atoms. The van der Waals surface area contributed by atoms with Gasteiger partial charge in [-0.3, -0.25) is 0 Å². The fourth-order valence-electron chi connectivity index (χ4n) is 2.36. The molecule has 3 heteroatoms. The fourth-order valence-corrected chi connectivity index (χ4v) is 2.36. The zero-order valence-electron chi connectivity index (χ0n) is 11.4. The van der Waals surface area contributed by atoms with Gasteiger partial charge in [0.25, 0.3) is 0 Å². The topological polar surface area (TPSA) is 29.9 Å². The molecule has 3 nitrogen and oxygen atoms in total. The molecule has 0 amide bonds. The summed E-state index contributed by atoms with van der Waals surface area (Å²) in [6.07, 6.45) is 4.65. The van der Waals surface area contributed by atoms with Crippen molar-refractivity contribution in [3.8, 4) is 0 Å². The molecule has 0 unspecified atom stereocenters. The number of imidazole rings is 1. The number of nitrogens with zero attached hydrogens (tertiary/aromatic N) is 2. The third-order valence-corrected chi connectivity index (χ3v) is 3.27. The lowest BCUT2D eigenvalue weighted by Gasteiger charge is -2.08. The molecule has 0 aliphatic heterocycles. The number of benzene rings is 1. The van der Waals surface area contributed by atoms with Gasteiger partial charge in [0.05, 0.1) is 11.0 Å². The average Bonchev–Trinajstić information content (AvgIpc) is 2.73. The first-order chi connectivity index (χ1) is 8.86. The molecule has 1 N–H and O–H groups in total. The number of hydrogen-bond acceptors (Lipinski definition) is 2. The summed E-state index contributed by atoms with van der Waals surface area (Å²) in [5.74, 6) is 1.24. The predicted octanol–water partition coefficient (Wildman–Crippen LogP) is 2.99. The first-order valence-electron chi connectivity index (χ1n) is 6.95. The zero-order valence-corrected chi connectivity index (χ0v) is 11.4. The number of fused-ring (bicyclic) bond motifs is 1. The summed E-state index contributed by atoms with van der Waals surface area (Å²) >= 11 is 0. The normalized spacial score (nSPS) is 11.2. The second kappa shape index (κ2) is 6.55. The molecule has 0 saturated heterocycles. The number of para-hydroxylation sites is 2. The molecule has 1 aromatic carbocycles. The van der Waals surface area contributed by atoms with Gasteiger partial charge in [0, 0.05) is 13.0 Å². The highest BCUT2D eigenvalue weighted by molar-refractivity contribution is 5.75. The molecule has 0 saturated carbocycles. The number of nitrogens with one attached hydrogen (secondary N) is 1. The van der Waals surface area contributed by atoms with Crippen molar-refractivity contribution in [2.24, 2.45) is 0 Å². The first-order valence-corrected chi connectivity index (χ1v) is 6.95. The van der Waals surface area contributed by atoms with Crippen LogP contribution in [-0.4, -0.2) is 23.1 Å². The molecule has 18 heavy (non-hydrogen) atoms. The molecular formula is C15H23N3. The molecule has 98 valence electrons. The van der Waals surface area contributed by atoms with Crippen LogP contribution >= 0.6 is 0 Å². The van der Waals surface area contributed by atoms with Gasteiger partial charge in [0.15, 0.2) is 0 Å². The Morgan fingerprint density at radius 3 is 2.83 bits per heavy atom. The van der Waals surface area contributed by atoms with Gasteiger partial charge in [-0.05, 0) is 45.0 Å². The summed E-state index contributed by atoms with van der Waals surface area (Å²) in [7, 11) is 2.01. The van der Waals surface area contributed by atoms with E-state index in [-0.39, 0.29) is 0 Å². The number of aryl methyl sites for hydroxylation is 2. The Morgan fingerprint density at radius 1 is 1.22 bits per heavy atom. The summed E-state index contributed by atoms with van der Waals surface area (Å²) in [6, 6.07) is 8.46. The second-order valence-corrected chi connectivity index (χ2v) is 4.73. The Labute approximate surface area is 109 Å². The van der Waals surface area contributed by atoms with Crippen LogP contribution in [0.2, 0.25) is 0 Å². The minimum absolute atomic E-state index is 1.07. The monoisotopic (exact) mass is 245 g/mol. The predicted molar refractivity (Wildman–Crippen MR) is 76.9 cm³/mol. The largest absolute Gasteiger partial charge is 0.328 e. The highest BCUT2D eigenvalue weighted by atomic mass is 15.1. The summed E-state index contributed by atoms with van der Waals surface area (Å²) in [4.78, 5) is 4.75. The van der Waals surface area contributed by atoms with Crippen LogP contribution in [0.5, 0.6) is 0 Å². The van der Waals surface area contributed by atoms with Crippen molar-refractivity contribution in [1.29, 1.82) is 0 Å². The molecule has 0 atom stereocenters. The molecule has 2 rings (SSSR count). The van der Waals surface area contributed by atoms with Crippen LogP contribution in [0.1, 0.15) is 32.0 Å². The Balaban J connectivity index is 2.19. The van der Waals surface area contributed by atoms with E-state index in [0.717, 1.165) is 31.4 Å². The van der Waals surface area contributed by atoms with Crippen molar-refractivity contribution in [3.05, 3.63) is 30.1 Å². The van der Waals surface area contributed by atoms with Crippen LogP contribution in [0.15, 0.2) is 24.3 Å². The van der Waals surface area contributed by atoms with Gasteiger partial charge < -0.3 is 9.88 Å². The van der Waals surface area contributed by atoms with E-state index in [0.29, 0.717) is 0 Å². The maximum Gasteiger partial charge on any atom is 0.109 e. The molecule has 1 aromatic heterocycles. The van der Waals surface area contributed by atoms with Crippen LogP contribution in [0, 0.1) is 0 Å². The van der Waals surface area contributed by atoms with Crippen LogP contribution in [0.4, 0.5) is 0 Å². The highest BCUT2D eigenvalue weighted by Gasteiger charge is 2.08. The van der Waals surface area contributed by atoms with E-state index in [1.165, 1.54) is 24.2 Å². The van der Waals surface area contributed by atoms with Crippen LogP contribution in [0.25, 0.3) is 11.0 Å². The van der Waals surface area contributed by atoms with Gasteiger partial charge >= 0.3 is 0 Å². The quantitative estimate of drug-likeness (QED) is 0.760. The molecule has 1 heterocycles. The van der Waals surface area contributed by atoms with Gasteiger partial charge in [-0.15, -0.1) is 0 Å². The standard InChI is InChI=1S/C15H23N3/c1-3-8-15-17-13-9-4-5-10-14(13)18(15)12-7-6-11-16-2/h4-5,9-10,16H,3,6-8,11-12H2,1-2H3. The third kappa shape index (κ3) is 2.91. The molecule has 0 spiro atoms. The molecule has 2 aromatic rings. The van der Waals surface area contributed by atoms with Crippen molar-refractivity contribution in [1.82, 2.24) is 14.9 Å². The molecule has 0 aliphatic rings. The number of aromatic nitrogens is 2. The van der Waals surface area contributed by atoms with Crippen molar-refractivity contribution in [2.45, 2.75) is 39.2 Å². The van der Waals surface area contributed by atoms with E-state index in [2.05, 4.69) is 41.1 Å². The number of hydrogen-bond donors (Lipinski definition) is 1. The van der Waals surface area contributed by atoms with Gasteiger partial charge in [-0.25, -0.2) is 4.98 Å². The molecular weight excluding hydrogens is 222 g/mol. The summed E-state index contributed by atoms with van der Waals surface area (Å²) in [6.45, 7) is 4.39. The first kappa shape index (κ1) is 13.1. The smallest absolute Gasteiger partial charge is 0.109 e. The van der Waals surface area contributed by atoms with E-state index >= 15 is 0 Å². The molecule has 0 aliphatic carbocycles. The van der Waals surface area contributed by atoms with E-state index in [1.54, 1.807) is 0 Å². The minimum Gasteiger partial charge on any atom is -0.328 e. The van der Waals surface area contributed by atoms with Crippen molar-refractivity contribution in [3.63, 3.8) is 0 Å². The van der Waals surface area contributed by atoms with E-state index in [4.69, 9.17) is 4.98 Å². The summed E-state index contributed by atoms with van der Waals surface area (Å²) in [5.41, 5.74) is 2.42. The maximum absolute atomic E-state index is 4.75. The minimum atomic E-state index is 1.07. The lowest BCUT2D eigenvalue weighted by atomic mass is 10.2. The Morgan fingerprint density at radius 2 is 2.06 bits per heavy atom. The van der Waals surface area contributed by atoms with E-state index in [1.807, 2.05) is 7.05 Å². The summed E-state index contributed by atoms with van der Waals surface area (Å²) < 4.78 is 2.40. The van der Waals surface area contributed by atoms with E-state index < -0.39 is 0 Å². The Bertz CT molecular complexity index is 487. The van der Waals surface area contributed by atoms with Gasteiger partial charge in [-0.2, -0.15) is 0 Å². The van der Waals surface area contributed by atoms with Crippen LogP contribution in [-0.2, 0) is 13.0 Å². The third-order valence-electron chi connectivity index (χ3n) is 3.27. The summed E-state index contributed by atoms with van der Waals surface area (Å²) in [5, 5.41) is 3.20. The van der Waals surface area contributed by atoms with Crippen molar-refractivity contribution < 1.29 is 0 Å². The maximum atomic E-state index is 4.75. The highest BCUT2D eigenvalue weighted by Crippen LogP contribution is 2.17.